The lowest BCUT2D eigenvalue weighted by Crippen LogP contribution is -2.44. The van der Waals surface area contributed by atoms with Crippen LogP contribution in [0.2, 0.25) is 0 Å². The quantitative estimate of drug-likeness (QED) is 0.869. The van der Waals surface area contributed by atoms with Crippen molar-refractivity contribution < 1.29 is 13.6 Å². The predicted molar refractivity (Wildman–Crippen MR) is 73.3 cm³/mol. The first-order valence-electron chi connectivity index (χ1n) is 7.04. The van der Waals surface area contributed by atoms with Gasteiger partial charge in [-0.2, -0.15) is 0 Å². The van der Waals surface area contributed by atoms with Crippen molar-refractivity contribution >= 4 is 5.91 Å². The molecule has 0 radical (unpaired) electrons. The Bertz CT molecular complexity index is 473. The average molecular weight is 282 g/mol. The molecule has 2 rings (SSSR count). The van der Waals surface area contributed by atoms with Crippen molar-refractivity contribution in [3.05, 3.63) is 35.4 Å². The topological polar surface area (TPSA) is 41.1 Å². The molecule has 0 bridgehead atoms. The highest BCUT2D eigenvalue weighted by Crippen LogP contribution is 2.12. The number of carbonyl (C=O) groups excluding carboxylic acids is 1. The number of amides is 1. The molecule has 5 heteroatoms. The summed E-state index contributed by atoms with van der Waals surface area (Å²) in [5, 5.41) is 6.09. The van der Waals surface area contributed by atoms with Gasteiger partial charge in [-0.3, -0.25) is 4.79 Å². The molecule has 0 aliphatic carbocycles. The Morgan fingerprint density at radius 2 is 2.25 bits per heavy atom. The fraction of sp³-hybridized carbons (Fsp3) is 0.533. The lowest BCUT2D eigenvalue weighted by Gasteiger charge is -2.17. The monoisotopic (exact) mass is 282 g/mol. The molecule has 0 saturated carbocycles. The van der Waals surface area contributed by atoms with Crippen molar-refractivity contribution in [2.45, 2.75) is 44.7 Å². The molecule has 0 aromatic heterocycles. The summed E-state index contributed by atoms with van der Waals surface area (Å²) in [5.41, 5.74) is 0.740. The van der Waals surface area contributed by atoms with E-state index in [-0.39, 0.29) is 18.0 Å². The summed E-state index contributed by atoms with van der Waals surface area (Å²) in [6.07, 6.45) is 3.21. The van der Waals surface area contributed by atoms with E-state index in [0.29, 0.717) is 12.8 Å². The second-order valence-electron chi connectivity index (χ2n) is 5.35. The van der Waals surface area contributed by atoms with Crippen LogP contribution in [-0.2, 0) is 11.2 Å². The van der Waals surface area contributed by atoms with Crippen molar-refractivity contribution in [3.8, 4) is 0 Å². The molecule has 1 aromatic rings. The maximum Gasteiger partial charge on any atom is 0.237 e. The molecule has 1 aromatic carbocycles. The predicted octanol–water partition coefficient (Wildman–Crippen LogP) is 2.15. The van der Waals surface area contributed by atoms with Gasteiger partial charge in [0.05, 0.1) is 6.04 Å². The zero-order valence-corrected chi connectivity index (χ0v) is 11.6. The van der Waals surface area contributed by atoms with Crippen LogP contribution >= 0.6 is 0 Å². The van der Waals surface area contributed by atoms with Gasteiger partial charge in [-0.25, -0.2) is 8.78 Å². The number of halogens is 2. The van der Waals surface area contributed by atoms with E-state index < -0.39 is 11.6 Å². The largest absolute Gasteiger partial charge is 0.352 e. The van der Waals surface area contributed by atoms with Gasteiger partial charge in [-0.05, 0) is 56.8 Å². The van der Waals surface area contributed by atoms with Gasteiger partial charge in [0, 0.05) is 6.04 Å². The van der Waals surface area contributed by atoms with Crippen LogP contribution in [0.25, 0.3) is 0 Å². The fourth-order valence-corrected chi connectivity index (χ4v) is 2.40. The molecule has 1 saturated heterocycles. The molecule has 3 nitrogen and oxygen atoms in total. The number of nitrogens with one attached hydrogen (secondary N) is 2. The molecular formula is C15H20F2N2O. The fourth-order valence-electron chi connectivity index (χ4n) is 2.40. The summed E-state index contributed by atoms with van der Waals surface area (Å²) in [6.45, 7) is 2.81. The Morgan fingerprint density at radius 1 is 1.45 bits per heavy atom. The first-order valence-corrected chi connectivity index (χ1v) is 7.04. The summed E-state index contributed by atoms with van der Waals surface area (Å²) in [4.78, 5) is 11.9. The minimum absolute atomic E-state index is 0.0121. The van der Waals surface area contributed by atoms with Crippen molar-refractivity contribution in [1.29, 1.82) is 0 Å². The number of benzene rings is 1. The lowest BCUT2D eigenvalue weighted by molar-refractivity contribution is -0.123. The van der Waals surface area contributed by atoms with E-state index in [1.54, 1.807) is 6.07 Å². The Hall–Kier alpha value is -1.49. The van der Waals surface area contributed by atoms with E-state index in [0.717, 1.165) is 31.0 Å². The van der Waals surface area contributed by atoms with E-state index in [2.05, 4.69) is 10.6 Å². The third-order valence-electron chi connectivity index (χ3n) is 3.62. The van der Waals surface area contributed by atoms with Crippen molar-refractivity contribution in [2.75, 3.05) is 6.54 Å². The molecule has 2 atom stereocenters. The summed E-state index contributed by atoms with van der Waals surface area (Å²) < 4.78 is 25.9. The van der Waals surface area contributed by atoms with E-state index in [1.165, 1.54) is 6.07 Å². The average Bonchev–Trinajstić information content (AvgIpc) is 2.94. The van der Waals surface area contributed by atoms with Crippen LogP contribution in [0.15, 0.2) is 18.2 Å². The van der Waals surface area contributed by atoms with Crippen LogP contribution in [0.1, 0.15) is 31.7 Å². The normalized spacial score (nSPS) is 19.9. The van der Waals surface area contributed by atoms with Crippen molar-refractivity contribution in [2.24, 2.45) is 0 Å². The molecule has 1 heterocycles. The van der Waals surface area contributed by atoms with Crippen LogP contribution < -0.4 is 10.6 Å². The summed E-state index contributed by atoms with van der Waals surface area (Å²) in [5.74, 6) is -1.63. The zero-order chi connectivity index (χ0) is 14.5. The van der Waals surface area contributed by atoms with Gasteiger partial charge in [0.2, 0.25) is 5.91 Å². The highest BCUT2D eigenvalue weighted by Gasteiger charge is 2.22. The molecule has 1 aliphatic heterocycles. The SMILES string of the molecule is C[C@H](CCc1ccc(F)c(F)c1)NC(=O)[C@@H]1CCCN1. The van der Waals surface area contributed by atoms with Crippen LogP contribution in [0.4, 0.5) is 8.78 Å². The van der Waals surface area contributed by atoms with Gasteiger partial charge in [0.1, 0.15) is 0 Å². The molecule has 1 fully saturated rings. The first-order chi connectivity index (χ1) is 9.56. The van der Waals surface area contributed by atoms with Crippen LogP contribution in [0, 0.1) is 11.6 Å². The summed E-state index contributed by atoms with van der Waals surface area (Å²) in [7, 11) is 0. The Labute approximate surface area is 117 Å². The van der Waals surface area contributed by atoms with E-state index in [9.17, 15) is 13.6 Å². The molecule has 1 aliphatic rings. The highest BCUT2D eigenvalue weighted by molar-refractivity contribution is 5.82. The maximum atomic E-state index is 13.1. The standard InChI is InChI=1S/C15H20F2N2O/c1-10(19-15(20)14-3-2-8-18-14)4-5-11-6-7-12(16)13(17)9-11/h6-7,9-10,14,18H,2-5,8H2,1H3,(H,19,20)/t10-,14+/m1/s1. The molecule has 20 heavy (non-hydrogen) atoms. The molecule has 110 valence electrons. The minimum Gasteiger partial charge on any atom is -0.352 e. The molecule has 1 amide bonds. The van der Waals surface area contributed by atoms with E-state index in [1.807, 2.05) is 6.92 Å². The smallest absolute Gasteiger partial charge is 0.237 e. The van der Waals surface area contributed by atoms with Gasteiger partial charge in [0.15, 0.2) is 11.6 Å². The number of rotatable bonds is 5. The number of aryl methyl sites for hydroxylation is 1. The van der Waals surface area contributed by atoms with Gasteiger partial charge in [-0.15, -0.1) is 0 Å². The minimum atomic E-state index is -0.831. The third kappa shape index (κ3) is 4.00. The van der Waals surface area contributed by atoms with Gasteiger partial charge < -0.3 is 10.6 Å². The van der Waals surface area contributed by atoms with Crippen molar-refractivity contribution in [3.63, 3.8) is 0 Å². The molecular weight excluding hydrogens is 262 g/mol. The van der Waals surface area contributed by atoms with Crippen LogP contribution in [0.5, 0.6) is 0 Å². The van der Waals surface area contributed by atoms with E-state index in [4.69, 9.17) is 0 Å². The molecule has 2 N–H and O–H groups in total. The van der Waals surface area contributed by atoms with Crippen LogP contribution in [-0.4, -0.2) is 24.5 Å². The summed E-state index contributed by atoms with van der Waals surface area (Å²) >= 11 is 0. The van der Waals surface area contributed by atoms with Crippen molar-refractivity contribution in [1.82, 2.24) is 10.6 Å². The second-order valence-corrected chi connectivity index (χ2v) is 5.35. The maximum absolute atomic E-state index is 13.1. The first kappa shape index (κ1) is 14.9. The number of carbonyl (C=O) groups is 1. The van der Waals surface area contributed by atoms with E-state index >= 15 is 0 Å². The highest BCUT2D eigenvalue weighted by atomic mass is 19.2. The molecule has 0 spiro atoms. The number of hydrogen-bond donors (Lipinski definition) is 2. The Kier molecular flexibility index (Phi) is 5.06. The summed E-state index contributed by atoms with van der Waals surface area (Å²) in [6, 6.07) is 3.85. The Balaban J connectivity index is 1.78. The second kappa shape index (κ2) is 6.79. The number of hydrogen-bond acceptors (Lipinski definition) is 2. The van der Waals surface area contributed by atoms with Gasteiger partial charge in [0.25, 0.3) is 0 Å². The van der Waals surface area contributed by atoms with Gasteiger partial charge in [-0.1, -0.05) is 6.07 Å². The Morgan fingerprint density at radius 3 is 2.90 bits per heavy atom. The third-order valence-corrected chi connectivity index (χ3v) is 3.62. The zero-order valence-electron chi connectivity index (χ0n) is 11.6. The lowest BCUT2D eigenvalue weighted by atomic mass is 10.1. The molecule has 0 unspecified atom stereocenters. The van der Waals surface area contributed by atoms with Gasteiger partial charge >= 0.3 is 0 Å². The van der Waals surface area contributed by atoms with Crippen LogP contribution in [0.3, 0.4) is 0 Å².